The van der Waals surface area contributed by atoms with Gasteiger partial charge in [-0.15, -0.1) is 11.3 Å². The van der Waals surface area contributed by atoms with Crippen LogP contribution in [0.5, 0.6) is 0 Å². The number of nitrogens with one attached hydrogen (secondary N) is 1. The third kappa shape index (κ3) is 3.54. The fraction of sp³-hybridized carbons (Fsp3) is 0.714. The normalized spacial score (nSPS) is 26.3. The molecular weight excluding hydrogens is 228 g/mol. The monoisotopic (exact) mass is 252 g/mol. The summed E-state index contributed by atoms with van der Waals surface area (Å²) in [7, 11) is 2.01. The van der Waals surface area contributed by atoms with Crippen molar-refractivity contribution in [3.05, 3.63) is 21.9 Å². The van der Waals surface area contributed by atoms with Crippen molar-refractivity contribution in [3.63, 3.8) is 0 Å². The van der Waals surface area contributed by atoms with Gasteiger partial charge in [-0.2, -0.15) is 0 Å². The van der Waals surface area contributed by atoms with Crippen molar-refractivity contribution < 1.29 is 0 Å². The van der Waals surface area contributed by atoms with Crippen LogP contribution in [0.3, 0.4) is 0 Å². The highest BCUT2D eigenvalue weighted by Crippen LogP contribution is 2.25. The third-order valence-electron chi connectivity index (χ3n) is 3.87. The van der Waals surface area contributed by atoms with Crippen LogP contribution in [0.25, 0.3) is 0 Å². The summed E-state index contributed by atoms with van der Waals surface area (Å²) in [5, 5.41) is 3.21. The lowest BCUT2D eigenvalue weighted by Crippen LogP contribution is -2.37. The molecule has 0 aromatic carbocycles. The second-order valence-corrected chi connectivity index (χ2v) is 6.63. The molecule has 0 radical (unpaired) electrons. The van der Waals surface area contributed by atoms with Crippen LogP contribution in [0.4, 0.5) is 0 Å². The molecule has 17 heavy (non-hydrogen) atoms. The molecule has 1 aliphatic heterocycles. The van der Waals surface area contributed by atoms with Crippen molar-refractivity contribution in [1.82, 2.24) is 10.2 Å². The van der Waals surface area contributed by atoms with E-state index in [-0.39, 0.29) is 0 Å². The van der Waals surface area contributed by atoms with Gasteiger partial charge in [0.15, 0.2) is 0 Å². The quantitative estimate of drug-likeness (QED) is 0.886. The van der Waals surface area contributed by atoms with Gasteiger partial charge in [-0.05, 0) is 44.0 Å². The molecule has 1 saturated heterocycles. The lowest BCUT2D eigenvalue weighted by atomic mass is 9.89. The topological polar surface area (TPSA) is 15.3 Å². The molecule has 0 saturated carbocycles. The highest BCUT2D eigenvalue weighted by atomic mass is 32.1. The zero-order valence-corrected chi connectivity index (χ0v) is 12.0. The lowest BCUT2D eigenvalue weighted by molar-refractivity contribution is 0.133. The second kappa shape index (κ2) is 5.98. The lowest BCUT2D eigenvalue weighted by Gasteiger charge is -2.34. The van der Waals surface area contributed by atoms with E-state index in [1.54, 1.807) is 0 Å². The molecule has 0 bridgehead atoms. The van der Waals surface area contributed by atoms with Crippen molar-refractivity contribution in [2.45, 2.75) is 33.4 Å². The van der Waals surface area contributed by atoms with Gasteiger partial charge in [0, 0.05) is 29.4 Å². The molecule has 1 aliphatic rings. The number of rotatable bonds is 4. The van der Waals surface area contributed by atoms with Crippen LogP contribution in [0.15, 0.2) is 12.1 Å². The molecule has 2 atom stereocenters. The molecule has 0 amide bonds. The number of hydrogen-bond acceptors (Lipinski definition) is 3. The van der Waals surface area contributed by atoms with Crippen molar-refractivity contribution in [3.8, 4) is 0 Å². The molecule has 3 heteroatoms. The van der Waals surface area contributed by atoms with Gasteiger partial charge >= 0.3 is 0 Å². The maximum atomic E-state index is 3.21. The number of thiophene rings is 1. The van der Waals surface area contributed by atoms with Gasteiger partial charge in [0.25, 0.3) is 0 Å². The largest absolute Gasteiger partial charge is 0.315 e. The van der Waals surface area contributed by atoms with Crippen LogP contribution in [-0.4, -0.2) is 25.0 Å². The van der Waals surface area contributed by atoms with Gasteiger partial charge in [-0.3, -0.25) is 4.90 Å². The Kier molecular flexibility index (Phi) is 4.60. The number of nitrogens with zero attached hydrogens (tertiary/aromatic N) is 1. The Morgan fingerprint density at radius 1 is 1.29 bits per heavy atom. The van der Waals surface area contributed by atoms with Crippen LogP contribution >= 0.6 is 11.3 Å². The van der Waals surface area contributed by atoms with Gasteiger partial charge in [-0.1, -0.05) is 13.8 Å². The minimum absolute atomic E-state index is 0.848. The molecule has 0 aliphatic carbocycles. The highest BCUT2D eigenvalue weighted by molar-refractivity contribution is 7.11. The SMILES string of the molecule is CNCc1ccc(CN2CCC(C)C(C)C2)s1. The first-order valence-corrected chi connectivity index (χ1v) is 7.45. The van der Waals surface area contributed by atoms with Crippen LogP contribution in [0.2, 0.25) is 0 Å². The Morgan fingerprint density at radius 3 is 2.76 bits per heavy atom. The van der Waals surface area contributed by atoms with E-state index in [0.29, 0.717) is 0 Å². The molecule has 1 aromatic heterocycles. The van der Waals surface area contributed by atoms with E-state index in [1.807, 2.05) is 18.4 Å². The second-order valence-electron chi connectivity index (χ2n) is 5.38. The predicted molar refractivity (Wildman–Crippen MR) is 75.3 cm³/mol. The third-order valence-corrected chi connectivity index (χ3v) is 4.94. The van der Waals surface area contributed by atoms with Crippen LogP contribution in [0.1, 0.15) is 30.0 Å². The average molecular weight is 252 g/mol. The van der Waals surface area contributed by atoms with Crippen LogP contribution in [0, 0.1) is 11.8 Å². The van der Waals surface area contributed by atoms with E-state index in [9.17, 15) is 0 Å². The van der Waals surface area contributed by atoms with Gasteiger partial charge < -0.3 is 5.32 Å². The van der Waals surface area contributed by atoms with Gasteiger partial charge in [0.05, 0.1) is 0 Å². The van der Waals surface area contributed by atoms with E-state index < -0.39 is 0 Å². The van der Waals surface area contributed by atoms with E-state index >= 15 is 0 Å². The summed E-state index contributed by atoms with van der Waals surface area (Å²) in [6.45, 7) is 9.45. The summed E-state index contributed by atoms with van der Waals surface area (Å²) in [4.78, 5) is 5.57. The first-order chi connectivity index (χ1) is 8.19. The number of hydrogen-bond donors (Lipinski definition) is 1. The summed E-state index contributed by atoms with van der Waals surface area (Å²) in [5.74, 6) is 1.75. The first kappa shape index (κ1) is 13.1. The van der Waals surface area contributed by atoms with Crippen molar-refractivity contribution in [1.29, 1.82) is 0 Å². The summed E-state index contributed by atoms with van der Waals surface area (Å²) in [6, 6.07) is 4.55. The molecule has 96 valence electrons. The maximum Gasteiger partial charge on any atom is 0.0328 e. The van der Waals surface area contributed by atoms with E-state index in [4.69, 9.17) is 0 Å². The molecule has 2 rings (SSSR count). The van der Waals surface area contributed by atoms with Gasteiger partial charge in [-0.25, -0.2) is 0 Å². The summed E-state index contributed by atoms with van der Waals surface area (Å²) < 4.78 is 0. The summed E-state index contributed by atoms with van der Waals surface area (Å²) in [6.07, 6.45) is 1.36. The minimum atomic E-state index is 0.848. The maximum absolute atomic E-state index is 3.21. The van der Waals surface area contributed by atoms with Crippen molar-refractivity contribution in [2.75, 3.05) is 20.1 Å². The van der Waals surface area contributed by atoms with Gasteiger partial charge in [0.1, 0.15) is 0 Å². The Morgan fingerprint density at radius 2 is 2.06 bits per heavy atom. The smallest absolute Gasteiger partial charge is 0.0328 e. The summed E-state index contributed by atoms with van der Waals surface area (Å²) >= 11 is 1.95. The molecule has 1 N–H and O–H groups in total. The highest BCUT2D eigenvalue weighted by Gasteiger charge is 2.22. The Balaban J connectivity index is 1.87. The molecule has 2 nitrogen and oxygen atoms in total. The molecular formula is C14H24N2S. The predicted octanol–water partition coefficient (Wildman–Crippen LogP) is 2.95. The van der Waals surface area contributed by atoms with Crippen LogP contribution < -0.4 is 5.32 Å². The fourth-order valence-electron chi connectivity index (χ4n) is 2.49. The number of piperidine rings is 1. The zero-order chi connectivity index (χ0) is 12.3. The fourth-order valence-corrected chi connectivity index (χ4v) is 3.56. The Bertz CT molecular complexity index is 348. The van der Waals surface area contributed by atoms with Crippen LogP contribution in [-0.2, 0) is 13.1 Å². The Labute approximate surface area is 109 Å². The van der Waals surface area contributed by atoms with E-state index in [0.717, 1.165) is 24.9 Å². The van der Waals surface area contributed by atoms with E-state index in [1.165, 1.54) is 29.3 Å². The standard InChI is InChI=1S/C14H24N2S/c1-11-6-7-16(9-12(11)2)10-14-5-4-13(17-14)8-15-3/h4-5,11-12,15H,6-10H2,1-3H3. The molecule has 1 fully saturated rings. The van der Waals surface area contributed by atoms with Gasteiger partial charge in [0.2, 0.25) is 0 Å². The minimum Gasteiger partial charge on any atom is -0.315 e. The molecule has 2 unspecified atom stereocenters. The Hall–Kier alpha value is -0.380. The van der Waals surface area contributed by atoms with Crippen molar-refractivity contribution in [2.24, 2.45) is 11.8 Å². The van der Waals surface area contributed by atoms with E-state index in [2.05, 4.69) is 36.2 Å². The number of likely N-dealkylation sites (tertiary alicyclic amines) is 1. The first-order valence-electron chi connectivity index (χ1n) is 6.63. The average Bonchev–Trinajstić information content (AvgIpc) is 2.72. The zero-order valence-electron chi connectivity index (χ0n) is 11.2. The summed E-state index contributed by atoms with van der Waals surface area (Å²) in [5.41, 5.74) is 0. The molecule has 0 spiro atoms. The van der Waals surface area contributed by atoms with Crippen molar-refractivity contribution >= 4 is 11.3 Å². The molecule has 2 heterocycles. The molecule has 1 aromatic rings.